The van der Waals surface area contributed by atoms with E-state index in [1.165, 1.54) is 22.7 Å². The van der Waals surface area contributed by atoms with Crippen molar-refractivity contribution in [3.8, 4) is 0 Å². The minimum Gasteiger partial charge on any atom is -0.298 e. The molecule has 2 rings (SSSR count). The summed E-state index contributed by atoms with van der Waals surface area (Å²) in [7, 11) is 0. The van der Waals surface area contributed by atoms with E-state index in [1.54, 1.807) is 10.8 Å². The lowest BCUT2D eigenvalue weighted by Crippen LogP contribution is -1.70. The lowest BCUT2D eigenvalue weighted by molar-refractivity contribution is 0.111. The molecule has 2 nitrogen and oxygen atoms in total. The van der Waals surface area contributed by atoms with Crippen molar-refractivity contribution in [1.82, 2.24) is 0 Å². The van der Waals surface area contributed by atoms with Crippen LogP contribution in [-0.2, 0) is 0 Å². The van der Waals surface area contributed by atoms with Gasteiger partial charge in [-0.2, -0.15) is 0 Å². The number of carbonyl (C=O) groups excluding carboxylic acids is 2. The third-order valence-electron chi connectivity index (χ3n) is 1.59. The van der Waals surface area contributed by atoms with E-state index in [0.717, 1.165) is 22.0 Å². The Morgan fingerprint density at radius 2 is 1.33 bits per heavy atom. The highest BCUT2D eigenvalue weighted by Crippen LogP contribution is 2.32. The van der Waals surface area contributed by atoms with E-state index in [4.69, 9.17) is 0 Å². The molecule has 0 aromatic carbocycles. The number of hydrogen-bond donors (Lipinski definition) is 0. The highest BCUT2D eigenvalue weighted by Gasteiger charge is 2.08. The van der Waals surface area contributed by atoms with Gasteiger partial charge in [-0.15, -0.1) is 22.7 Å². The van der Waals surface area contributed by atoms with Gasteiger partial charge in [0.15, 0.2) is 12.6 Å². The van der Waals surface area contributed by atoms with Gasteiger partial charge in [0.05, 0.1) is 9.40 Å². The van der Waals surface area contributed by atoms with Gasteiger partial charge in [-0.3, -0.25) is 9.59 Å². The van der Waals surface area contributed by atoms with Crippen LogP contribution < -0.4 is 0 Å². The van der Waals surface area contributed by atoms with Crippen molar-refractivity contribution in [2.24, 2.45) is 0 Å². The summed E-state index contributed by atoms with van der Waals surface area (Å²) in [5, 5.41) is 3.56. The molecule has 0 bridgehead atoms. The standard InChI is InChI=1S/C8H4O2S2/c9-1-5-3-11-8-6(2-10)4-12-7(5)8/h1-4H. The van der Waals surface area contributed by atoms with Crippen molar-refractivity contribution in [2.75, 3.05) is 0 Å². The lowest BCUT2D eigenvalue weighted by atomic mass is 10.3. The summed E-state index contributed by atoms with van der Waals surface area (Å²) in [6.45, 7) is 0. The molecule has 0 fully saturated rings. The van der Waals surface area contributed by atoms with Gasteiger partial charge in [0.2, 0.25) is 0 Å². The molecule has 2 aromatic rings. The molecule has 0 saturated heterocycles. The minimum atomic E-state index is 0.688. The van der Waals surface area contributed by atoms with Gasteiger partial charge in [-0.05, 0) is 0 Å². The molecule has 0 amide bonds. The van der Waals surface area contributed by atoms with Crippen molar-refractivity contribution in [2.45, 2.75) is 0 Å². The van der Waals surface area contributed by atoms with Gasteiger partial charge in [0, 0.05) is 21.9 Å². The Bertz CT molecular complexity index is 397. The zero-order valence-corrected chi connectivity index (χ0v) is 7.58. The number of hydrogen-bond acceptors (Lipinski definition) is 4. The first-order valence-electron chi connectivity index (χ1n) is 3.26. The normalized spacial score (nSPS) is 10.3. The molecule has 0 aliphatic carbocycles. The van der Waals surface area contributed by atoms with Crippen LogP contribution in [0.15, 0.2) is 10.8 Å². The van der Waals surface area contributed by atoms with Crippen molar-refractivity contribution < 1.29 is 9.59 Å². The number of thiophene rings is 2. The highest BCUT2D eigenvalue weighted by molar-refractivity contribution is 7.27. The minimum absolute atomic E-state index is 0.688. The zero-order chi connectivity index (χ0) is 8.55. The molecule has 0 unspecified atom stereocenters. The zero-order valence-electron chi connectivity index (χ0n) is 5.94. The van der Waals surface area contributed by atoms with Crippen LogP contribution in [0.25, 0.3) is 9.40 Å². The Morgan fingerprint density at radius 3 is 1.67 bits per heavy atom. The molecule has 60 valence electrons. The first kappa shape index (κ1) is 7.64. The Morgan fingerprint density at radius 1 is 0.917 bits per heavy atom. The highest BCUT2D eigenvalue weighted by atomic mass is 32.1. The summed E-state index contributed by atoms with van der Waals surface area (Å²) >= 11 is 2.89. The summed E-state index contributed by atoms with van der Waals surface area (Å²) in [5.74, 6) is 0. The van der Waals surface area contributed by atoms with Crippen LogP contribution in [0.1, 0.15) is 20.7 Å². The van der Waals surface area contributed by atoms with Crippen LogP contribution in [0.2, 0.25) is 0 Å². The number of rotatable bonds is 2. The van der Waals surface area contributed by atoms with Crippen LogP contribution in [0.4, 0.5) is 0 Å². The van der Waals surface area contributed by atoms with E-state index in [9.17, 15) is 9.59 Å². The first-order valence-corrected chi connectivity index (χ1v) is 5.02. The van der Waals surface area contributed by atoms with Gasteiger partial charge in [-0.1, -0.05) is 0 Å². The van der Waals surface area contributed by atoms with Crippen molar-refractivity contribution >= 4 is 44.6 Å². The van der Waals surface area contributed by atoms with Gasteiger partial charge >= 0.3 is 0 Å². The molecular formula is C8H4O2S2. The van der Waals surface area contributed by atoms with Crippen LogP contribution in [0.3, 0.4) is 0 Å². The maximum Gasteiger partial charge on any atom is 0.152 e. The molecule has 2 heterocycles. The van der Waals surface area contributed by atoms with Crippen molar-refractivity contribution in [3.63, 3.8) is 0 Å². The third kappa shape index (κ3) is 0.922. The molecule has 0 saturated carbocycles. The van der Waals surface area contributed by atoms with E-state index >= 15 is 0 Å². The SMILES string of the molecule is O=Cc1csc2c(C=O)csc12. The van der Waals surface area contributed by atoms with Gasteiger partial charge in [-0.25, -0.2) is 0 Å². The molecule has 0 spiro atoms. The summed E-state index contributed by atoms with van der Waals surface area (Å²) < 4.78 is 1.86. The summed E-state index contributed by atoms with van der Waals surface area (Å²) in [6, 6.07) is 0. The third-order valence-corrected chi connectivity index (χ3v) is 3.82. The number of aldehydes is 2. The Labute approximate surface area is 76.4 Å². The van der Waals surface area contributed by atoms with Crippen molar-refractivity contribution in [3.05, 3.63) is 21.9 Å². The molecule has 0 aliphatic rings. The first-order chi connectivity index (χ1) is 5.86. The summed E-state index contributed by atoms with van der Waals surface area (Å²) in [5.41, 5.74) is 1.38. The quantitative estimate of drug-likeness (QED) is 0.692. The number of fused-ring (bicyclic) bond motifs is 1. The molecule has 2 aromatic heterocycles. The average molecular weight is 196 g/mol. The Balaban J connectivity index is 2.81. The van der Waals surface area contributed by atoms with Crippen LogP contribution in [0.5, 0.6) is 0 Å². The Hall–Kier alpha value is -1.00. The van der Waals surface area contributed by atoms with Crippen LogP contribution >= 0.6 is 22.7 Å². The monoisotopic (exact) mass is 196 g/mol. The van der Waals surface area contributed by atoms with Crippen molar-refractivity contribution in [1.29, 1.82) is 0 Å². The van der Waals surface area contributed by atoms with Crippen LogP contribution in [-0.4, -0.2) is 12.6 Å². The molecule has 12 heavy (non-hydrogen) atoms. The second-order valence-electron chi connectivity index (χ2n) is 2.28. The predicted molar refractivity (Wildman–Crippen MR) is 50.5 cm³/mol. The molecule has 0 N–H and O–H groups in total. The fourth-order valence-electron chi connectivity index (χ4n) is 1.02. The smallest absolute Gasteiger partial charge is 0.152 e. The molecule has 0 atom stereocenters. The maximum atomic E-state index is 10.5. The summed E-state index contributed by atoms with van der Waals surface area (Å²) in [6.07, 6.45) is 1.65. The topological polar surface area (TPSA) is 34.1 Å². The van der Waals surface area contributed by atoms with Gasteiger partial charge < -0.3 is 0 Å². The fraction of sp³-hybridized carbons (Fsp3) is 0. The van der Waals surface area contributed by atoms with E-state index < -0.39 is 0 Å². The molecule has 0 aliphatic heterocycles. The van der Waals surface area contributed by atoms with Gasteiger partial charge in [0.1, 0.15) is 0 Å². The molecular weight excluding hydrogens is 192 g/mol. The molecule has 0 radical (unpaired) electrons. The average Bonchev–Trinajstić information content (AvgIpc) is 2.62. The predicted octanol–water partition coefficient (Wildman–Crippen LogP) is 2.59. The largest absolute Gasteiger partial charge is 0.298 e. The maximum absolute atomic E-state index is 10.5. The lowest BCUT2D eigenvalue weighted by Gasteiger charge is -1.77. The Kier molecular flexibility index (Phi) is 1.78. The number of carbonyl (C=O) groups is 2. The van der Waals surface area contributed by atoms with E-state index in [1.807, 2.05) is 0 Å². The van der Waals surface area contributed by atoms with E-state index in [-0.39, 0.29) is 0 Å². The fourth-order valence-corrected chi connectivity index (χ4v) is 3.23. The molecule has 4 heteroatoms. The summed E-state index contributed by atoms with van der Waals surface area (Å²) in [4.78, 5) is 21.0. The van der Waals surface area contributed by atoms with Crippen LogP contribution in [0, 0.1) is 0 Å². The van der Waals surface area contributed by atoms with Gasteiger partial charge in [0.25, 0.3) is 0 Å². The van der Waals surface area contributed by atoms with E-state index in [0.29, 0.717) is 11.1 Å². The van der Waals surface area contributed by atoms with E-state index in [2.05, 4.69) is 0 Å². The second-order valence-corrected chi connectivity index (χ2v) is 4.04. The second kappa shape index (κ2) is 2.80.